The van der Waals surface area contributed by atoms with E-state index in [1.165, 1.54) is 10.5 Å². The van der Waals surface area contributed by atoms with Gasteiger partial charge in [0, 0.05) is 15.9 Å². The van der Waals surface area contributed by atoms with Crippen molar-refractivity contribution < 1.29 is 4.39 Å². The van der Waals surface area contributed by atoms with Crippen LogP contribution < -0.4 is 0 Å². The second-order valence-electron chi connectivity index (χ2n) is 7.88. The van der Waals surface area contributed by atoms with E-state index in [0.29, 0.717) is 19.3 Å². The predicted molar refractivity (Wildman–Crippen MR) is 107 cm³/mol. The van der Waals surface area contributed by atoms with Gasteiger partial charge in [-0.2, -0.15) is 0 Å². The van der Waals surface area contributed by atoms with Gasteiger partial charge >= 0.3 is 0 Å². The van der Waals surface area contributed by atoms with Gasteiger partial charge in [-0.15, -0.1) is 16.9 Å². The Morgan fingerprint density at radius 1 is 1.04 bits per heavy atom. The lowest BCUT2D eigenvalue weighted by Gasteiger charge is -2.64. The minimum atomic E-state index is -0.956. The molecule has 0 amide bonds. The molecule has 6 rings (SSSR count). The van der Waals surface area contributed by atoms with E-state index in [4.69, 9.17) is 10.1 Å². The van der Waals surface area contributed by atoms with Crippen molar-refractivity contribution >= 4 is 11.8 Å². The first-order valence-corrected chi connectivity index (χ1v) is 10.7. The van der Waals surface area contributed by atoms with Gasteiger partial charge in [-0.05, 0) is 61.8 Å². The molecule has 0 radical (unpaired) electrons. The maximum absolute atomic E-state index is 14.2. The summed E-state index contributed by atoms with van der Waals surface area (Å²) in [7, 11) is 0. The Morgan fingerprint density at radius 3 is 2.26 bits per heavy atom. The van der Waals surface area contributed by atoms with Crippen molar-refractivity contribution in [2.24, 2.45) is 0 Å². The second kappa shape index (κ2) is 5.93. The second-order valence-corrected chi connectivity index (χ2v) is 8.76. The molecule has 3 aliphatic rings. The summed E-state index contributed by atoms with van der Waals surface area (Å²) < 4.78 is 16.1. The van der Waals surface area contributed by atoms with Crippen LogP contribution in [0.3, 0.4) is 0 Å². The number of aromatic nitrogens is 3. The van der Waals surface area contributed by atoms with Gasteiger partial charge in [0.15, 0.2) is 5.82 Å². The minimum absolute atomic E-state index is 0.137. The lowest BCUT2D eigenvalue weighted by Crippen LogP contribution is -2.67. The number of hydrogen-bond donors (Lipinski definition) is 0. The lowest BCUT2D eigenvalue weighted by atomic mass is 9.42. The molecule has 3 saturated carbocycles. The average molecular weight is 380 g/mol. The summed E-state index contributed by atoms with van der Waals surface area (Å²) in [5.74, 6) is 1.63. The number of nitrogens with zero attached hydrogens (tertiary/aromatic N) is 3. The van der Waals surface area contributed by atoms with E-state index in [2.05, 4.69) is 61.7 Å². The van der Waals surface area contributed by atoms with Gasteiger partial charge in [-0.25, -0.2) is 14.1 Å². The third-order valence-electron chi connectivity index (χ3n) is 5.98. The van der Waals surface area contributed by atoms with Gasteiger partial charge in [0.2, 0.25) is 0 Å². The molecule has 3 nitrogen and oxygen atoms in total. The number of hydrogen-bond acceptors (Lipinski definition) is 3. The predicted octanol–water partition coefficient (Wildman–Crippen LogP) is 5.36. The van der Waals surface area contributed by atoms with Crippen LogP contribution >= 0.6 is 11.8 Å². The van der Waals surface area contributed by atoms with E-state index in [9.17, 15) is 4.39 Å². The standard InChI is InChI=1S/C22H22FN3S/c1-3-15-4-6-16(7-5-15)19-24-20(21-12-22(23,13-21)14-21)26(25-19)17-8-10-18(27-2)11-9-17/h4-11H,3,12-14H2,1-2H3. The number of benzene rings is 2. The zero-order valence-corrected chi connectivity index (χ0v) is 16.4. The number of halogens is 1. The molecule has 0 unspecified atom stereocenters. The molecule has 0 saturated heterocycles. The molecule has 27 heavy (non-hydrogen) atoms. The van der Waals surface area contributed by atoms with Gasteiger partial charge < -0.3 is 0 Å². The molecule has 138 valence electrons. The zero-order valence-electron chi connectivity index (χ0n) is 15.6. The van der Waals surface area contributed by atoms with Crippen LogP contribution in [0.2, 0.25) is 0 Å². The Hall–Kier alpha value is -2.14. The van der Waals surface area contributed by atoms with E-state index in [1.807, 2.05) is 4.68 Å². The molecule has 1 heterocycles. The Kier molecular flexibility index (Phi) is 3.73. The van der Waals surface area contributed by atoms with Crippen LogP contribution in [0.15, 0.2) is 53.4 Å². The fraction of sp³-hybridized carbons (Fsp3) is 0.364. The molecule has 3 aromatic rings. The van der Waals surface area contributed by atoms with E-state index >= 15 is 0 Å². The van der Waals surface area contributed by atoms with Crippen LogP contribution in [0.4, 0.5) is 4.39 Å². The van der Waals surface area contributed by atoms with Crippen molar-refractivity contribution in [2.45, 2.75) is 48.6 Å². The molecule has 0 spiro atoms. The summed E-state index contributed by atoms with van der Waals surface area (Å²) in [5, 5.41) is 4.83. The van der Waals surface area contributed by atoms with Crippen LogP contribution in [-0.2, 0) is 11.8 Å². The quantitative estimate of drug-likeness (QED) is 0.559. The molecule has 0 atom stereocenters. The molecule has 2 bridgehead atoms. The highest BCUT2D eigenvalue weighted by molar-refractivity contribution is 7.98. The first-order valence-electron chi connectivity index (χ1n) is 9.44. The molecule has 0 aliphatic heterocycles. The van der Waals surface area contributed by atoms with Gasteiger partial charge in [0.05, 0.1) is 5.69 Å². The smallest absolute Gasteiger partial charge is 0.181 e. The number of alkyl halides is 1. The normalized spacial score (nSPS) is 25.7. The Labute approximate surface area is 163 Å². The third kappa shape index (κ3) is 2.63. The summed E-state index contributed by atoms with van der Waals surface area (Å²) in [5.41, 5.74) is 2.20. The highest BCUT2D eigenvalue weighted by atomic mass is 32.2. The highest BCUT2D eigenvalue weighted by Gasteiger charge is 2.71. The van der Waals surface area contributed by atoms with Crippen molar-refractivity contribution in [1.82, 2.24) is 14.8 Å². The number of aryl methyl sites for hydroxylation is 1. The molecule has 1 aromatic heterocycles. The minimum Gasteiger partial charge on any atom is -0.244 e. The molecular weight excluding hydrogens is 357 g/mol. The summed E-state index contributed by atoms with van der Waals surface area (Å²) in [4.78, 5) is 6.11. The number of thioether (sulfide) groups is 1. The maximum Gasteiger partial charge on any atom is 0.181 e. The van der Waals surface area contributed by atoms with Gasteiger partial charge in [0.25, 0.3) is 0 Å². The monoisotopic (exact) mass is 379 g/mol. The molecule has 2 aromatic carbocycles. The topological polar surface area (TPSA) is 30.7 Å². The van der Waals surface area contributed by atoms with Crippen molar-refractivity contribution in [1.29, 1.82) is 0 Å². The van der Waals surface area contributed by atoms with Crippen LogP contribution in [0.1, 0.15) is 37.6 Å². The zero-order chi connectivity index (χ0) is 18.6. The lowest BCUT2D eigenvalue weighted by molar-refractivity contribution is -0.163. The van der Waals surface area contributed by atoms with Crippen molar-refractivity contribution in [3.05, 3.63) is 59.9 Å². The fourth-order valence-corrected chi connectivity index (χ4v) is 4.88. The summed E-state index contributed by atoms with van der Waals surface area (Å²) in [6.45, 7) is 2.15. The molecule has 3 fully saturated rings. The van der Waals surface area contributed by atoms with Crippen LogP contribution in [0.25, 0.3) is 17.1 Å². The first-order chi connectivity index (χ1) is 13.0. The van der Waals surface area contributed by atoms with Gasteiger partial charge in [0.1, 0.15) is 11.5 Å². The largest absolute Gasteiger partial charge is 0.244 e. The Balaban J connectivity index is 1.58. The van der Waals surface area contributed by atoms with E-state index in [-0.39, 0.29) is 5.41 Å². The van der Waals surface area contributed by atoms with Gasteiger partial charge in [-0.3, -0.25) is 0 Å². The van der Waals surface area contributed by atoms with E-state index in [0.717, 1.165) is 29.3 Å². The number of rotatable bonds is 5. The van der Waals surface area contributed by atoms with E-state index < -0.39 is 5.67 Å². The molecule has 0 N–H and O–H groups in total. The van der Waals surface area contributed by atoms with Crippen molar-refractivity contribution in [2.75, 3.05) is 6.26 Å². The van der Waals surface area contributed by atoms with E-state index in [1.54, 1.807) is 11.8 Å². The van der Waals surface area contributed by atoms with Crippen molar-refractivity contribution in [3.63, 3.8) is 0 Å². The summed E-state index contributed by atoms with van der Waals surface area (Å²) in [6, 6.07) is 16.8. The maximum atomic E-state index is 14.2. The van der Waals surface area contributed by atoms with Crippen LogP contribution in [0, 0.1) is 0 Å². The fourth-order valence-electron chi connectivity index (χ4n) is 4.47. The van der Waals surface area contributed by atoms with Crippen LogP contribution in [-0.4, -0.2) is 26.7 Å². The molecule has 3 aliphatic carbocycles. The third-order valence-corrected chi connectivity index (χ3v) is 6.73. The SMILES string of the molecule is CCc1ccc(-c2nc(C34CC(F)(C3)C4)n(-c3ccc(SC)cc3)n2)cc1. The average Bonchev–Trinajstić information content (AvgIpc) is 3.10. The first kappa shape index (κ1) is 17.0. The Bertz CT molecular complexity index is 972. The highest BCUT2D eigenvalue weighted by Crippen LogP contribution is 2.69. The molecule has 5 heteroatoms. The summed E-state index contributed by atoms with van der Waals surface area (Å²) in [6.07, 6.45) is 4.81. The summed E-state index contributed by atoms with van der Waals surface area (Å²) >= 11 is 1.72. The van der Waals surface area contributed by atoms with Crippen LogP contribution in [0.5, 0.6) is 0 Å². The Morgan fingerprint density at radius 2 is 1.70 bits per heavy atom. The van der Waals surface area contributed by atoms with Gasteiger partial charge in [-0.1, -0.05) is 31.2 Å². The van der Waals surface area contributed by atoms with Crippen molar-refractivity contribution in [3.8, 4) is 17.1 Å². The molecular formula is C22H22FN3S.